The number of para-hydroxylation sites is 2. The standard InChI is InChI=1S/C16H18N2O3/c17-16(13-20-15-9-5-2-6-10-15)18-21-12-11-19-14-7-3-1-4-8-14/h1-10H,11-13H2,(H2,17,18). The highest BCUT2D eigenvalue weighted by molar-refractivity contribution is 5.81. The summed E-state index contributed by atoms with van der Waals surface area (Å²) in [5.41, 5.74) is 5.67. The van der Waals surface area contributed by atoms with Crippen LogP contribution in [-0.4, -0.2) is 25.7 Å². The van der Waals surface area contributed by atoms with Crippen molar-refractivity contribution >= 4 is 5.84 Å². The number of amidine groups is 1. The van der Waals surface area contributed by atoms with Gasteiger partial charge in [0.25, 0.3) is 0 Å². The van der Waals surface area contributed by atoms with Crippen molar-refractivity contribution in [1.82, 2.24) is 0 Å². The van der Waals surface area contributed by atoms with Crippen molar-refractivity contribution in [2.75, 3.05) is 19.8 Å². The lowest BCUT2D eigenvalue weighted by Crippen LogP contribution is -2.21. The van der Waals surface area contributed by atoms with E-state index in [-0.39, 0.29) is 12.4 Å². The molecule has 2 rings (SSSR count). The minimum absolute atomic E-state index is 0.184. The molecular weight excluding hydrogens is 268 g/mol. The zero-order chi connectivity index (χ0) is 14.8. The van der Waals surface area contributed by atoms with Crippen molar-refractivity contribution in [1.29, 1.82) is 0 Å². The minimum atomic E-state index is 0.184. The smallest absolute Gasteiger partial charge is 0.177 e. The molecule has 0 bridgehead atoms. The largest absolute Gasteiger partial charge is 0.490 e. The Morgan fingerprint density at radius 3 is 2.00 bits per heavy atom. The normalized spacial score (nSPS) is 11.0. The highest BCUT2D eigenvalue weighted by Gasteiger charge is 1.97. The number of rotatable bonds is 8. The molecule has 2 aromatic carbocycles. The summed E-state index contributed by atoms with van der Waals surface area (Å²) in [6, 6.07) is 18.9. The van der Waals surface area contributed by atoms with Gasteiger partial charge in [-0.2, -0.15) is 0 Å². The van der Waals surface area contributed by atoms with E-state index in [4.69, 9.17) is 20.0 Å². The second-order valence-corrected chi connectivity index (χ2v) is 4.18. The molecule has 0 heterocycles. The van der Waals surface area contributed by atoms with E-state index in [1.807, 2.05) is 60.7 Å². The Bertz CT molecular complexity index is 544. The molecule has 0 saturated carbocycles. The fraction of sp³-hybridized carbons (Fsp3) is 0.188. The van der Waals surface area contributed by atoms with Crippen molar-refractivity contribution in [3.05, 3.63) is 60.7 Å². The van der Waals surface area contributed by atoms with E-state index in [0.717, 1.165) is 11.5 Å². The molecule has 0 atom stereocenters. The van der Waals surface area contributed by atoms with Gasteiger partial charge in [-0.05, 0) is 24.3 Å². The Kier molecular flexibility index (Phi) is 5.94. The molecule has 5 heteroatoms. The Morgan fingerprint density at radius 2 is 1.38 bits per heavy atom. The first-order chi connectivity index (χ1) is 10.3. The summed E-state index contributed by atoms with van der Waals surface area (Å²) in [6.07, 6.45) is 0. The molecule has 0 saturated heterocycles. The number of ether oxygens (including phenoxy) is 2. The molecule has 0 radical (unpaired) electrons. The van der Waals surface area contributed by atoms with Gasteiger partial charge in [0.05, 0.1) is 0 Å². The second kappa shape index (κ2) is 8.47. The van der Waals surface area contributed by atoms with E-state index in [1.165, 1.54) is 0 Å². The maximum atomic E-state index is 5.67. The van der Waals surface area contributed by atoms with Crippen molar-refractivity contribution in [2.24, 2.45) is 10.9 Å². The SMILES string of the molecule is NC(COc1ccccc1)=NOCCOc1ccccc1. The Morgan fingerprint density at radius 1 is 0.810 bits per heavy atom. The fourth-order valence-electron chi connectivity index (χ4n) is 1.54. The van der Waals surface area contributed by atoms with Gasteiger partial charge in [-0.1, -0.05) is 41.6 Å². The van der Waals surface area contributed by atoms with E-state index >= 15 is 0 Å². The summed E-state index contributed by atoms with van der Waals surface area (Å²) in [5.74, 6) is 1.81. The van der Waals surface area contributed by atoms with Crippen LogP contribution in [0.2, 0.25) is 0 Å². The number of oxime groups is 1. The molecule has 5 nitrogen and oxygen atoms in total. The van der Waals surface area contributed by atoms with E-state index in [2.05, 4.69) is 5.16 Å². The van der Waals surface area contributed by atoms with E-state index in [1.54, 1.807) is 0 Å². The number of nitrogens with two attached hydrogens (primary N) is 1. The molecule has 0 amide bonds. The predicted octanol–water partition coefficient (Wildman–Crippen LogP) is 2.43. The lowest BCUT2D eigenvalue weighted by atomic mass is 10.3. The number of benzene rings is 2. The highest BCUT2D eigenvalue weighted by Crippen LogP contribution is 2.08. The third-order valence-electron chi connectivity index (χ3n) is 2.50. The lowest BCUT2D eigenvalue weighted by Gasteiger charge is -2.06. The third kappa shape index (κ3) is 5.86. The maximum Gasteiger partial charge on any atom is 0.177 e. The zero-order valence-corrected chi connectivity index (χ0v) is 11.6. The van der Waals surface area contributed by atoms with Gasteiger partial charge in [0.15, 0.2) is 12.4 Å². The number of hydrogen-bond donors (Lipinski definition) is 1. The average molecular weight is 286 g/mol. The quantitative estimate of drug-likeness (QED) is 0.350. The summed E-state index contributed by atoms with van der Waals surface area (Å²) in [5, 5.41) is 3.76. The van der Waals surface area contributed by atoms with Crippen LogP contribution in [0.15, 0.2) is 65.8 Å². The van der Waals surface area contributed by atoms with E-state index in [9.17, 15) is 0 Å². The molecular formula is C16H18N2O3. The topological polar surface area (TPSA) is 66.1 Å². The van der Waals surface area contributed by atoms with Gasteiger partial charge in [0.2, 0.25) is 0 Å². The van der Waals surface area contributed by atoms with Crippen molar-refractivity contribution < 1.29 is 14.3 Å². The van der Waals surface area contributed by atoms with Crippen LogP contribution in [0.25, 0.3) is 0 Å². The van der Waals surface area contributed by atoms with Crippen molar-refractivity contribution in [2.45, 2.75) is 0 Å². The van der Waals surface area contributed by atoms with Crippen LogP contribution in [-0.2, 0) is 4.84 Å². The first kappa shape index (κ1) is 14.7. The summed E-state index contributed by atoms with van der Waals surface area (Å²) >= 11 is 0. The monoisotopic (exact) mass is 286 g/mol. The first-order valence-electron chi connectivity index (χ1n) is 6.64. The number of hydrogen-bond acceptors (Lipinski definition) is 4. The highest BCUT2D eigenvalue weighted by atomic mass is 16.6. The predicted molar refractivity (Wildman–Crippen MR) is 81.4 cm³/mol. The molecule has 0 fully saturated rings. The van der Waals surface area contributed by atoms with Crippen LogP contribution in [0.5, 0.6) is 11.5 Å². The molecule has 0 spiro atoms. The number of nitrogens with zero attached hydrogens (tertiary/aromatic N) is 1. The molecule has 0 unspecified atom stereocenters. The molecule has 110 valence electrons. The molecule has 2 N–H and O–H groups in total. The van der Waals surface area contributed by atoms with E-state index < -0.39 is 0 Å². The fourth-order valence-corrected chi connectivity index (χ4v) is 1.54. The van der Waals surface area contributed by atoms with E-state index in [0.29, 0.717) is 13.2 Å². The van der Waals surface area contributed by atoms with Crippen LogP contribution >= 0.6 is 0 Å². The van der Waals surface area contributed by atoms with Crippen LogP contribution in [0.3, 0.4) is 0 Å². The van der Waals surface area contributed by atoms with Crippen LogP contribution in [0.1, 0.15) is 0 Å². The van der Waals surface area contributed by atoms with Crippen LogP contribution < -0.4 is 15.2 Å². The second-order valence-electron chi connectivity index (χ2n) is 4.18. The molecule has 0 aromatic heterocycles. The van der Waals surface area contributed by atoms with Gasteiger partial charge in [-0.15, -0.1) is 0 Å². The minimum Gasteiger partial charge on any atom is -0.490 e. The summed E-state index contributed by atoms with van der Waals surface area (Å²) in [4.78, 5) is 5.06. The van der Waals surface area contributed by atoms with Gasteiger partial charge >= 0.3 is 0 Å². The lowest BCUT2D eigenvalue weighted by molar-refractivity contribution is 0.105. The molecule has 21 heavy (non-hydrogen) atoms. The van der Waals surface area contributed by atoms with Crippen LogP contribution in [0.4, 0.5) is 0 Å². The third-order valence-corrected chi connectivity index (χ3v) is 2.50. The van der Waals surface area contributed by atoms with Gasteiger partial charge in [0, 0.05) is 0 Å². The first-order valence-corrected chi connectivity index (χ1v) is 6.64. The zero-order valence-electron chi connectivity index (χ0n) is 11.6. The summed E-state index contributed by atoms with van der Waals surface area (Å²) < 4.78 is 10.9. The molecule has 2 aromatic rings. The van der Waals surface area contributed by atoms with Crippen molar-refractivity contribution in [3.8, 4) is 11.5 Å². The average Bonchev–Trinajstić information content (AvgIpc) is 2.54. The molecule has 0 aliphatic rings. The van der Waals surface area contributed by atoms with Gasteiger partial charge in [-0.3, -0.25) is 0 Å². The Labute approximate surface area is 123 Å². The van der Waals surface area contributed by atoms with Crippen LogP contribution in [0, 0.1) is 0 Å². The van der Waals surface area contributed by atoms with Gasteiger partial charge in [-0.25, -0.2) is 0 Å². The summed E-state index contributed by atoms with van der Waals surface area (Å²) in [7, 11) is 0. The molecule has 0 aliphatic heterocycles. The Hall–Kier alpha value is -2.69. The maximum absolute atomic E-state index is 5.67. The van der Waals surface area contributed by atoms with Gasteiger partial charge in [0.1, 0.15) is 24.7 Å². The van der Waals surface area contributed by atoms with Crippen molar-refractivity contribution in [3.63, 3.8) is 0 Å². The Balaban J connectivity index is 1.60. The molecule has 0 aliphatic carbocycles. The summed E-state index contributed by atoms with van der Waals surface area (Å²) in [6.45, 7) is 0.908. The van der Waals surface area contributed by atoms with Gasteiger partial charge < -0.3 is 20.0 Å².